The normalized spacial score (nSPS) is 15.5. The topological polar surface area (TPSA) is 38.8 Å². The highest BCUT2D eigenvalue weighted by Gasteiger charge is 2.33. The Morgan fingerprint density at radius 2 is 1.81 bits per heavy atom. The molecule has 1 fully saturated rings. The van der Waals surface area contributed by atoms with Crippen molar-refractivity contribution in [3.8, 4) is 11.5 Å². The highest BCUT2D eigenvalue weighted by atomic mass is 79.9. The highest BCUT2D eigenvalue weighted by Crippen LogP contribution is 2.38. The third-order valence-corrected chi connectivity index (χ3v) is 5.55. The van der Waals surface area contributed by atoms with Crippen LogP contribution in [0.15, 0.2) is 51.8 Å². The van der Waals surface area contributed by atoms with Crippen LogP contribution in [0.1, 0.15) is 19.4 Å². The molecule has 27 heavy (non-hydrogen) atoms. The molecule has 0 spiro atoms. The van der Waals surface area contributed by atoms with Crippen LogP contribution in [0.3, 0.4) is 0 Å². The summed E-state index contributed by atoms with van der Waals surface area (Å²) < 4.78 is 12.5. The molecular weight excluding hydrogens is 446 g/mol. The lowest BCUT2D eigenvalue weighted by molar-refractivity contribution is -0.113. The summed E-state index contributed by atoms with van der Waals surface area (Å²) in [6, 6.07) is 13.1. The minimum atomic E-state index is -0.142. The highest BCUT2D eigenvalue weighted by molar-refractivity contribution is 9.10. The number of amides is 1. The van der Waals surface area contributed by atoms with E-state index in [1.807, 2.05) is 62.4 Å². The van der Waals surface area contributed by atoms with Gasteiger partial charge in [-0.2, -0.15) is 0 Å². The summed E-state index contributed by atoms with van der Waals surface area (Å²) in [5.41, 5.74) is 1.56. The fourth-order valence-electron chi connectivity index (χ4n) is 2.61. The molecule has 1 aliphatic rings. The van der Waals surface area contributed by atoms with E-state index < -0.39 is 0 Å². The first kappa shape index (κ1) is 19.9. The Morgan fingerprint density at radius 1 is 1.11 bits per heavy atom. The molecule has 0 atom stereocenters. The third-order valence-electron chi connectivity index (χ3n) is 3.76. The summed E-state index contributed by atoms with van der Waals surface area (Å²) in [4.78, 5) is 15.1. The second-order valence-corrected chi connectivity index (χ2v) is 8.15. The Balaban J connectivity index is 1.90. The van der Waals surface area contributed by atoms with Crippen molar-refractivity contribution in [2.75, 3.05) is 18.1 Å². The van der Waals surface area contributed by atoms with Gasteiger partial charge in [-0.25, -0.2) is 0 Å². The number of thiocarbonyl (C=S) groups is 1. The third kappa shape index (κ3) is 4.54. The van der Waals surface area contributed by atoms with E-state index in [0.29, 0.717) is 22.4 Å². The smallest absolute Gasteiger partial charge is 0.270 e. The van der Waals surface area contributed by atoms with Gasteiger partial charge in [0.1, 0.15) is 11.5 Å². The van der Waals surface area contributed by atoms with Crippen molar-refractivity contribution in [3.63, 3.8) is 0 Å². The van der Waals surface area contributed by atoms with Crippen LogP contribution in [0.2, 0.25) is 0 Å². The molecule has 0 N–H and O–H groups in total. The molecular formula is C20H18BrNO3S2. The SMILES string of the molecule is CCOc1ccc(N2C(=O)/C(=C\c3cc(Br)ccc3OCC)SC2=S)cc1. The Labute approximate surface area is 176 Å². The number of ether oxygens (including phenoxy) is 2. The number of anilines is 1. The monoisotopic (exact) mass is 463 g/mol. The van der Waals surface area contributed by atoms with Gasteiger partial charge in [-0.3, -0.25) is 9.69 Å². The summed E-state index contributed by atoms with van der Waals surface area (Å²) in [6.45, 7) is 5.00. The Hall–Kier alpha value is -1.83. The van der Waals surface area contributed by atoms with Gasteiger partial charge in [0.05, 0.1) is 23.8 Å². The molecule has 7 heteroatoms. The van der Waals surface area contributed by atoms with Crippen molar-refractivity contribution in [2.24, 2.45) is 0 Å². The van der Waals surface area contributed by atoms with Crippen molar-refractivity contribution in [1.82, 2.24) is 0 Å². The zero-order chi connectivity index (χ0) is 19.4. The molecule has 0 saturated carbocycles. The quantitative estimate of drug-likeness (QED) is 0.408. The summed E-state index contributed by atoms with van der Waals surface area (Å²) in [6.07, 6.45) is 1.82. The van der Waals surface area contributed by atoms with Gasteiger partial charge in [-0.1, -0.05) is 39.9 Å². The fraction of sp³-hybridized carbons (Fsp3) is 0.200. The average Bonchev–Trinajstić information content (AvgIpc) is 2.92. The van der Waals surface area contributed by atoms with Crippen LogP contribution in [0.25, 0.3) is 6.08 Å². The summed E-state index contributed by atoms with van der Waals surface area (Å²) in [7, 11) is 0. The standard InChI is InChI=1S/C20H18BrNO3S2/c1-3-24-16-8-6-15(7-9-16)22-19(23)18(27-20(22)26)12-13-11-14(21)5-10-17(13)25-4-2/h5-12H,3-4H2,1-2H3/b18-12+. The number of hydrogen-bond donors (Lipinski definition) is 0. The van der Waals surface area contributed by atoms with E-state index in [9.17, 15) is 4.79 Å². The minimum absolute atomic E-state index is 0.142. The molecule has 0 radical (unpaired) electrons. The molecule has 0 bridgehead atoms. The van der Waals surface area contributed by atoms with Crippen molar-refractivity contribution in [3.05, 3.63) is 57.4 Å². The lowest BCUT2D eigenvalue weighted by Gasteiger charge is -2.15. The van der Waals surface area contributed by atoms with Gasteiger partial charge in [0.2, 0.25) is 0 Å². The first-order valence-electron chi connectivity index (χ1n) is 8.46. The maximum Gasteiger partial charge on any atom is 0.270 e. The number of thioether (sulfide) groups is 1. The van der Waals surface area contributed by atoms with Crippen molar-refractivity contribution >= 4 is 61.9 Å². The molecule has 1 aliphatic heterocycles. The predicted octanol–water partition coefficient (Wildman–Crippen LogP) is 5.65. The molecule has 3 rings (SSSR count). The largest absolute Gasteiger partial charge is 0.494 e. The second kappa shape index (κ2) is 8.91. The zero-order valence-electron chi connectivity index (χ0n) is 14.9. The molecule has 0 aromatic heterocycles. The number of carbonyl (C=O) groups excluding carboxylic acids is 1. The van der Waals surface area contributed by atoms with Gasteiger partial charge in [0.25, 0.3) is 5.91 Å². The molecule has 1 amide bonds. The van der Waals surface area contributed by atoms with Gasteiger partial charge in [-0.15, -0.1) is 0 Å². The van der Waals surface area contributed by atoms with Gasteiger partial charge < -0.3 is 9.47 Å². The van der Waals surface area contributed by atoms with Crippen molar-refractivity contribution in [2.45, 2.75) is 13.8 Å². The maximum atomic E-state index is 13.0. The summed E-state index contributed by atoms with van der Waals surface area (Å²) in [5.74, 6) is 1.35. The van der Waals surface area contributed by atoms with Crippen LogP contribution >= 0.6 is 39.9 Å². The van der Waals surface area contributed by atoms with E-state index in [2.05, 4.69) is 15.9 Å². The predicted molar refractivity (Wildman–Crippen MR) is 119 cm³/mol. The van der Waals surface area contributed by atoms with Gasteiger partial charge in [0.15, 0.2) is 4.32 Å². The number of benzene rings is 2. The number of rotatable bonds is 6. The number of nitrogens with zero attached hydrogens (tertiary/aromatic N) is 1. The lowest BCUT2D eigenvalue weighted by atomic mass is 10.2. The Morgan fingerprint density at radius 3 is 2.48 bits per heavy atom. The van der Waals surface area contributed by atoms with Crippen molar-refractivity contribution in [1.29, 1.82) is 0 Å². The number of hydrogen-bond acceptors (Lipinski definition) is 5. The Bertz CT molecular complexity index is 897. The summed E-state index contributed by atoms with van der Waals surface area (Å²) >= 11 is 10.2. The van der Waals surface area contributed by atoms with Crippen LogP contribution in [0.5, 0.6) is 11.5 Å². The molecule has 1 saturated heterocycles. The fourth-order valence-corrected chi connectivity index (χ4v) is 4.28. The van der Waals surface area contributed by atoms with E-state index in [1.165, 1.54) is 11.8 Å². The van der Waals surface area contributed by atoms with Crippen LogP contribution < -0.4 is 14.4 Å². The molecule has 140 valence electrons. The Kier molecular flexibility index (Phi) is 6.57. The number of carbonyl (C=O) groups is 1. The van der Waals surface area contributed by atoms with Crippen molar-refractivity contribution < 1.29 is 14.3 Å². The van der Waals surface area contributed by atoms with Gasteiger partial charge in [-0.05, 0) is 62.4 Å². The first-order chi connectivity index (χ1) is 13.0. The molecule has 1 heterocycles. The van der Waals surface area contributed by atoms with Crippen LogP contribution in [0, 0.1) is 0 Å². The molecule has 2 aromatic carbocycles. The van der Waals surface area contributed by atoms with Crippen LogP contribution in [-0.4, -0.2) is 23.4 Å². The zero-order valence-corrected chi connectivity index (χ0v) is 18.1. The van der Waals surface area contributed by atoms with E-state index in [-0.39, 0.29) is 5.91 Å². The van der Waals surface area contributed by atoms with Crippen LogP contribution in [-0.2, 0) is 4.79 Å². The first-order valence-corrected chi connectivity index (χ1v) is 10.5. The van der Waals surface area contributed by atoms with Gasteiger partial charge in [0, 0.05) is 10.0 Å². The van der Waals surface area contributed by atoms with E-state index in [1.54, 1.807) is 4.90 Å². The van der Waals surface area contributed by atoms with E-state index in [0.717, 1.165) is 27.2 Å². The summed E-state index contributed by atoms with van der Waals surface area (Å²) in [5, 5.41) is 0. The molecule has 2 aromatic rings. The maximum absolute atomic E-state index is 13.0. The average molecular weight is 464 g/mol. The molecule has 4 nitrogen and oxygen atoms in total. The lowest BCUT2D eigenvalue weighted by Crippen LogP contribution is -2.27. The van der Waals surface area contributed by atoms with Gasteiger partial charge >= 0.3 is 0 Å². The molecule has 0 unspecified atom stereocenters. The van der Waals surface area contributed by atoms with E-state index in [4.69, 9.17) is 21.7 Å². The minimum Gasteiger partial charge on any atom is -0.494 e. The van der Waals surface area contributed by atoms with E-state index >= 15 is 0 Å². The number of halogens is 1. The van der Waals surface area contributed by atoms with Crippen LogP contribution in [0.4, 0.5) is 5.69 Å². The second-order valence-electron chi connectivity index (χ2n) is 5.56. The molecule has 0 aliphatic carbocycles.